The number of amides is 2. The van der Waals surface area contributed by atoms with Crippen LogP contribution in [0.25, 0.3) is 0 Å². The van der Waals surface area contributed by atoms with Gasteiger partial charge in [0, 0.05) is 38.9 Å². The van der Waals surface area contributed by atoms with Gasteiger partial charge in [-0.1, -0.05) is 30.3 Å². The molecule has 0 aliphatic carbocycles. The molecule has 1 aromatic carbocycles. The van der Waals surface area contributed by atoms with Crippen molar-refractivity contribution in [2.45, 2.75) is 37.6 Å². The van der Waals surface area contributed by atoms with Gasteiger partial charge in [-0.15, -0.1) is 0 Å². The van der Waals surface area contributed by atoms with Gasteiger partial charge in [0.2, 0.25) is 11.8 Å². The minimum Gasteiger partial charge on any atom is -0.375 e. The van der Waals surface area contributed by atoms with Crippen LogP contribution in [0.15, 0.2) is 36.7 Å². The van der Waals surface area contributed by atoms with Gasteiger partial charge in [-0.3, -0.25) is 9.59 Å². The smallest absolute Gasteiger partial charge is 0.249 e. The maximum absolute atomic E-state index is 13.1. The number of ether oxygens (including phenoxy) is 1. The highest BCUT2D eigenvalue weighted by Crippen LogP contribution is 2.42. The molecule has 154 valence electrons. The quantitative estimate of drug-likeness (QED) is 0.858. The summed E-state index contributed by atoms with van der Waals surface area (Å²) in [5, 5.41) is 0. The maximum atomic E-state index is 13.1. The summed E-state index contributed by atoms with van der Waals surface area (Å²) in [4.78, 5) is 37.6. The zero-order chi connectivity index (χ0) is 20.4. The molecular formula is C22H28N4O3. The molecule has 2 aliphatic heterocycles. The first-order chi connectivity index (χ1) is 14.1. The second kappa shape index (κ2) is 7.99. The summed E-state index contributed by atoms with van der Waals surface area (Å²) in [7, 11) is 1.54. The van der Waals surface area contributed by atoms with Crippen molar-refractivity contribution in [3.05, 3.63) is 53.6 Å². The minimum atomic E-state index is -0.462. The maximum Gasteiger partial charge on any atom is 0.249 e. The number of imidazole rings is 1. The molecule has 1 aromatic heterocycles. The van der Waals surface area contributed by atoms with Gasteiger partial charge in [0.05, 0.1) is 23.5 Å². The number of hydrogen-bond acceptors (Lipinski definition) is 4. The van der Waals surface area contributed by atoms with Gasteiger partial charge in [0.25, 0.3) is 0 Å². The normalized spacial score (nSPS) is 19.1. The second-order valence-electron chi connectivity index (χ2n) is 7.95. The predicted octanol–water partition coefficient (Wildman–Crippen LogP) is 2.06. The average molecular weight is 396 g/mol. The Morgan fingerprint density at radius 1 is 1.21 bits per heavy atom. The molecule has 1 spiro atoms. The molecule has 2 aromatic rings. The van der Waals surface area contributed by atoms with Crippen molar-refractivity contribution < 1.29 is 14.3 Å². The summed E-state index contributed by atoms with van der Waals surface area (Å²) < 4.78 is 5.12. The highest BCUT2D eigenvalue weighted by molar-refractivity contribution is 5.83. The van der Waals surface area contributed by atoms with E-state index in [1.54, 1.807) is 13.4 Å². The van der Waals surface area contributed by atoms with E-state index in [2.05, 4.69) is 9.97 Å². The number of rotatable bonds is 4. The number of carbonyl (C=O) groups is 2. The van der Waals surface area contributed by atoms with E-state index >= 15 is 0 Å². The molecule has 1 atom stereocenters. The topological polar surface area (TPSA) is 78.5 Å². The first-order valence-corrected chi connectivity index (χ1v) is 10.2. The van der Waals surface area contributed by atoms with E-state index in [9.17, 15) is 9.59 Å². The third-order valence-corrected chi connectivity index (χ3v) is 6.40. The number of benzene rings is 1. The van der Waals surface area contributed by atoms with E-state index in [1.807, 2.05) is 47.1 Å². The minimum absolute atomic E-state index is 0.0152. The Hall–Kier alpha value is -2.67. The fourth-order valence-corrected chi connectivity index (χ4v) is 4.80. The lowest BCUT2D eigenvalue weighted by Crippen LogP contribution is -2.59. The van der Waals surface area contributed by atoms with E-state index in [-0.39, 0.29) is 24.3 Å². The van der Waals surface area contributed by atoms with Crippen molar-refractivity contribution in [1.29, 1.82) is 0 Å². The van der Waals surface area contributed by atoms with Crippen LogP contribution in [-0.4, -0.2) is 64.9 Å². The average Bonchev–Trinajstić information content (AvgIpc) is 3.24. The van der Waals surface area contributed by atoms with Crippen LogP contribution in [0.3, 0.4) is 0 Å². The summed E-state index contributed by atoms with van der Waals surface area (Å²) in [5.74, 6) is -0.0544. The van der Waals surface area contributed by atoms with Gasteiger partial charge in [0.1, 0.15) is 6.61 Å². The number of aromatic nitrogens is 2. The number of fused-ring (bicyclic) bond motifs is 2. The number of likely N-dealkylation sites (tertiary alicyclic amines) is 1. The highest BCUT2D eigenvalue weighted by Gasteiger charge is 2.49. The lowest BCUT2D eigenvalue weighted by molar-refractivity contribution is -0.148. The number of aromatic amines is 1. The predicted molar refractivity (Wildman–Crippen MR) is 108 cm³/mol. The Morgan fingerprint density at radius 3 is 2.62 bits per heavy atom. The molecule has 0 unspecified atom stereocenters. The molecule has 1 fully saturated rings. The SMILES string of the molecule is COCC(=O)N1CCc2[nH]cnc2C12CCN(C(=O)[C@H](C)c1ccccc1)CC2. The van der Waals surface area contributed by atoms with Gasteiger partial charge in [-0.25, -0.2) is 4.98 Å². The fourth-order valence-electron chi connectivity index (χ4n) is 4.80. The van der Waals surface area contributed by atoms with Crippen LogP contribution in [0.2, 0.25) is 0 Å². The molecule has 2 amide bonds. The van der Waals surface area contributed by atoms with Gasteiger partial charge in [-0.2, -0.15) is 0 Å². The zero-order valence-corrected chi connectivity index (χ0v) is 17.1. The van der Waals surface area contributed by atoms with E-state index < -0.39 is 5.54 Å². The molecule has 3 heterocycles. The number of methoxy groups -OCH3 is 1. The molecule has 4 rings (SSSR count). The second-order valence-corrected chi connectivity index (χ2v) is 7.95. The summed E-state index contributed by atoms with van der Waals surface area (Å²) in [5.41, 5.74) is 2.62. The van der Waals surface area contributed by atoms with E-state index in [0.717, 1.165) is 23.4 Å². The standard InChI is InChI=1S/C22H28N4O3/c1-16(17-6-4-3-5-7-17)21(28)25-12-9-22(10-13-25)20-18(23-15-24-20)8-11-26(22)19(27)14-29-2/h3-7,15-16H,8-14H2,1-2H3,(H,23,24)/t16-/m1/s1. The number of hydrogen-bond donors (Lipinski definition) is 1. The monoisotopic (exact) mass is 396 g/mol. The molecular weight excluding hydrogens is 368 g/mol. The first-order valence-electron chi connectivity index (χ1n) is 10.2. The molecule has 0 radical (unpaired) electrons. The van der Waals surface area contributed by atoms with E-state index in [1.165, 1.54) is 0 Å². The van der Waals surface area contributed by atoms with Gasteiger partial charge < -0.3 is 19.5 Å². The van der Waals surface area contributed by atoms with Crippen LogP contribution in [0.1, 0.15) is 42.6 Å². The Labute approximate surface area is 171 Å². The van der Waals surface area contributed by atoms with Crippen molar-refractivity contribution >= 4 is 11.8 Å². The molecule has 29 heavy (non-hydrogen) atoms. The van der Waals surface area contributed by atoms with Crippen molar-refractivity contribution in [3.63, 3.8) is 0 Å². The van der Waals surface area contributed by atoms with E-state index in [4.69, 9.17) is 4.74 Å². The Balaban J connectivity index is 1.54. The molecule has 1 N–H and O–H groups in total. The van der Waals surface area contributed by atoms with Crippen LogP contribution in [0.5, 0.6) is 0 Å². The summed E-state index contributed by atoms with van der Waals surface area (Å²) in [6, 6.07) is 9.88. The summed E-state index contributed by atoms with van der Waals surface area (Å²) in [6.45, 7) is 3.89. The summed E-state index contributed by atoms with van der Waals surface area (Å²) in [6.07, 6.45) is 3.85. The van der Waals surface area contributed by atoms with Crippen molar-refractivity contribution in [3.8, 4) is 0 Å². The number of piperidine rings is 1. The Morgan fingerprint density at radius 2 is 1.93 bits per heavy atom. The molecule has 0 saturated carbocycles. The Kier molecular flexibility index (Phi) is 5.41. The van der Waals surface area contributed by atoms with Crippen LogP contribution in [0.4, 0.5) is 0 Å². The van der Waals surface area contributed by atoms with Crippen LogP contribution >= 0.6 is 0 Å². The van der Waals surface area contributed by atoms with Gasteiger partial charge >= 0.3 is 0 Å². The number of nitrogens with zero attached hydrogens (tertiary/aromatic N) is 3. The zero-order valence-electron chi connectivity index (χ0n) is 17.1. The number of nitrogens with one attached hydrogen (secondary N) is 1. The number of carbonyl (C=O) groups excluding carboxylic acids is 2. The highest BCUT2D eigenvalue weighted by atomic mass is 16.5. The van der Waals surface area contributed by atoms with Crippen LogP contribution in [0, 0.1) is 0 Å². The van der Waals surface area contributed by atoms with E-state index in [0.29, 0.717) is 32.5 Å². The van der Waals surface area contributed by atoms with Crippen molar-refractivity contribution in [2.75, 3.05) is 33.4 Å². The number of H-pyrrole nitrogens is 1. The van der Waals surface area contributed by atoms with Crippen LogP contribution < -0.4 is 0 Å². The molecule has 7 heteroatoms. The van der Waals surface area contributed by atoms with Gasteiger partial charge in [-0.05, 0) is 25.3 Å². The van der Waals surface area contributed by atoms with Crippen molar-refractivity contribution in [1.82, 2.24) is 19.8 Å². The molecule has 2 aliphatic rings. The third-order valence-electron chi connectivity index (χ3n) is 6.40. The van der Waals surface area contributed by atoms with Crippen molar-refractivity contribution in [2.24, 2.45) is 0 Å². The lowest BCUT2D eigenvalue weighted by atomic mass is 9.78. The van der Waals surface area contributed by atoms with Gasteiger partial charge in [0.15, 0.2) is 0 Å². The molecule has 7 nitrogen and oxygen atoms in total. The molecule has 1 saturated heterocycles. The van der Waals surface area contributed by atoms with Crippen LogP contribution in [-0.2, 0) is 26.3 Å². The lowest BCUT2D eigenvalue weighted by Gasteiger charge is -2.50. The summed E-state index contributed by atoms with van der Waals surface area (Å²) >= 11 is 0. The Bertz CT molecular complexity index is 871. The fraction of sp³-hybridized carbons (Fsp3) is 0.500. The first kappa shape index (κ1) is 19.6. The largest absolute Gasteiger partial charge is 0.375 e. The molecule has 0 bridgehead atoms. The third kappa shape index (κ3) is 3.44.